The first kappa shape index (κ1) is 12.0. The van der Waals surface area contributed by atoms with Crippen LogP contribution in [-0.4, -0.2) is 22.7 Å². The minimum Gasteiger partial charge on any atom is -0.306 e. The molecule has 90 valence electrons. The molecule has 0 spiro atoms. The van der Waals surface area contributed by atoms with Crippen molar-refractivity contribution in [2.24, 2.45) is 5.92 Å². The fraction of sp³-hybridized carbons (Fsp3) is 0.364. The van der Waals surface area contributed by atoms with Crippen LogP contribution in [0.2, 0.25) is 0 Å². The van der Waals surface area contributed by atoms with Gasteiger partial charge in [0.25, 0.3) is 5.69 Å². The summed E-state index contributed by atoms with van der Waals surface area (Å²) in [4.78, 5) is 23.7. The minimum atomic E-state index is -0.454. The zero-order valence-electron chi connectivity index (χ0n) is 9.01. The van der Waals surface area contributed by atoms with Crippen molar-refractivity contribution in [1.82, 2.24) is 0 Å². The fourth-order valence-electron chi connectivity index (χ4n) is 1.96. The van der Waals surface area contributed by atoms with E-state index in [2.05, 4.69) is 15.9 Å². The molecule has 1 saturated heterocycles. The van der Waals surface area contributed by atoms with Crippen molar-refractivity contribution in [2.45, 2.75) is 6.42 Å². The molecule has 0 bridgehead atoms. The van der Waals surface area contributed by atoms with Crippen LogP contribution in [0.25, 0.3) is 0 Å². The van der Waals surface area contributed by atoms with E-state index in [4.69, 9.17) is 0 Å². The van der Waals surface area contributed by atoms with E-state index < -0.39 is 4.92 Å². The fourth-order valence-corrected chi connectivity index (χ4v) is 2.40. The first-order chi connectivity index (χ1) is 8.13. The predicted molar refractivity (Wildman–Crippen MR) is 67.4 cm³/mol. The number of nitro benzene ring substituents is 1. The van der Waals surface area contributed by atoms with Crippen LogP contribution in [0.1, 0.15) is 6.42 Å². The highest BCUT2D eigenvalue weighted by molar-refractivity contribution is 9.09. The molecule has 1 amide bonds. The molecule has 1 aromatic carbocycles. The topological polar surface area (TPSA) is 63.5 Å². The minimum absolute atomic E-state index is 0.0175. The van der Waals surface area contributed by atoms with Crippen molar-refractivity contribution in [3.05, 3.63) is 34.4 Å². The molecule has 1 unspecified atom stereocenters. The maximum Gasteiger partial charge on any atom is 0.292 e. The number of carbonyl (C=O) groups excluding carboxylic acids is 1. The van der Waals surface area contributed by atoms with Gasteiger partial charge >= 0.3 is 0 Å². The van der Waals surface area contributed by atoms with Crippen molar-refractivity contribution < 1.29 is 9.72 Å². The number of nitro groups is 1. The molecular formula is C11H11BrN2O3. The number of anilines is 1. The van der Waals surface area contributed by atoms with Gasteiger partial charge in [0.2, 0.25) is 5.91 Å². The first-order valence-corrected chi connectivity index (χ1v) is 6.35. The van der Waals surface area contributed by atoms with Crippen LogP contribution in [0.5, 0.6) is 0 Å². The smallest absolute Gasteiger partial charge is 0.292 e. The monoisotopic (exact) mass is 298 g/mol. The summed E-state index contributed by atoms with van der Waals surface area (Å²) in [5.74, 6) is 0.172. The molecule has 2 rings (SSSR count). The third kappa shape index (κ3) is 2.31. The Morgan fingerprint density at radius 3 is 2.76 bits per heavy atom. The number of rotatable bonds is 3. The molecule has 1 heterocycles. The molecule has 0 radical (unpaired) electrons. The Bertz CT molecular complexity index is 464. The normalized spacial score (nSPS) is 19.7. The van der Waals surface area contributed by atoms with Crippen LogP contribution in [-0.2, 0) is 4.79 Å². The Morgan fingerprint density at radius 2 is 2.18 bits per heavy atom. The van der Waals surface area contributed by atoms with Crippen LogP contribution in [0.4, 0.5) is 11.4 Å². The largest absolute Gasteiger partial charge is 0.306 e. The third-order valence-corrected chi connectivity index (χ3v) is 3.71. The van der Waals surface area contributed by atoms with Crippen LogP contribution < -0.4 is 4.90 Å². The molecule has 1 fully saturated rings. The van der Waals surface area contributed by atoms with Crippen LogP contribution in [0.15, 0.2) is 24.3 Å². The lowest BCUT2D eigenvalue weighted by molar-refractivity contribution is -0.384. The molecule has 1 aliphatic heterocycles. The summed E-state index contributed by atoms with van der Waals surface area (Å²) in [6.45, 7) is 0.537. The highest BCUT2D eigenvalue weighted by atomic mass is 79.9. The standard InChI is InChI=1S/C11H11BrN2O3/c12-6-8-5-11(15)13(7-8)9-3-1-2-4-10(9)14(16)17/h1-4,8H,5-7H2. The van der Waals surface area contributed by atoms with Crippen LogP contribution in [0, 0.1) is 16.0 Å². The van der Waals surface area contributed by atoms with Gasteiger partial charge in [0, 0.05) is 24.4 Å². The number of hydrogen-bond acceptors (Lipinski definition) is 3. The van der Waals surface area contributed by atoms with Crippen LogP contribution in [0.3, 0.4) is 0 Å². The lowest BCUT2D eigenvalue weighted by Crippen LogP contribution is -2.25. The Morgan fingerprint density at radius 1 is 1.47 bits per heavy atom. The molecule has 0 saturated carbocycles. The van der Waals surface area contributed by atoms with E-state index >= 15 is 0 Å². The zero-order chi connectivity index (χ0) is 12.4. The molecule has 6 heteroatoms. The Hall–Kier alpha value is -1.43. The zero-order valence-corrected chi connectivity index (χ0v) is 10.6. The number of benzene rings is 1. The van der Waals surface area contributed by atoms with Gasteiger partial charge in [0.1, 0.15) is 5.69 Å². The average molecular weight is 299 g/mol. The third-order valence-electron chi connectivity index (χ3n) is 2.79. The van der Waals surface area contributed by atoms with E-state index in [-0.39, 0.29) is 17.5 Å². The average Bonchev–Trinajstić information content (AvgIpc) is 2.70. The van der Waals surface area contributed by atoms with Crippen molar-refractivity contribution in [2.75, 3.05) is 16.8 Å². The van der Waals surface area contributed by atoms with E-state index in [0.29, 0.717) is 18.7 Å². The maximum atomic E-state index is 11.8. The first-order valence-electron chi connectivity index (χ1n) is 5.23. The van der Waals surface area contributed by atoms with Gasteiger partial charge in [0.15, 0.2) is 0 Å². The summed E-state index contributed by atoms with van der Waals surface area (Å²) in [6.07, 6.45) is 0.442. The second-order valence-corrected chi connectivity index (χ2v) is 4.62. The lowest BCUT2D eigenvalue weighted by atomic mass is 10.2. The summed E-state index contributed by atoms with van der Waals surface area (Å²) >= 11 is 3.34. The molecule has 17 heavy (non-hydrogen) atoms. The van der Waals surface area contributed by atoms with Gasteiger partial charge in [-0.1, -0.05) is 28.1 Å². The number of nitrogens with zero attached hydrogens (tertiary/aromatic N) is 2. The Labute approximate surface area is 107 Å². The molecule has 0 N–H and O–H groups in total. The van der Waals surface area contributed by atoms with Gasteiger partial charge in [-0.2, -0.15) is 0 Å². The second kappa shape index (κ2) is 4.83. The molecule has 1 aromatic rings. The van der Waals surface area contributed by atoms with Crippen LogP contribution >= 0.6 is 15.9 Å². The highest BCUT2D eigenvalue weighted by Crippen LogP contribution is 2.32. The molecule has 0 aromatic heterocycles. The number of amides is 1. The molecule has 0 aliphatic carbocycles. The Balaban J connectivity index is 2.35. The van der Waals surface area contributed by atoms with E-state index in [9.17, 15) is 14.9 Å². The van der Waals surface area contributed by atoms with Gasteiger partial charge in [-0.25, -0.2) is 0 Å². The molecule has 5 nitrogen and oxygen atoms in total. The number of alkyl halides is 1. The number of para-hydroxylation sites is 2. The number of carbonyl (C=O) groups is 1. The quantitative estimate of drug-likeness (QED) is 0.489. The van der Waals surface area contributed by atoms with Gasteiger partial charge in [-0.05, 0) is 12.0 Å². The summed E-state index contributed by atoms with van der Waals surface area (Å²) in [7, 11) is 0. The van der Waals surface area contributed by atoms with Crippen molar-refractivity contribution >= 4 is 33.2 Å². The van der Waals surface area contributed by atoms with E-state index in [0.717, 1.165) is 5.33 Å². The van der Waals surface area contributed by atoms with E-state index in [1.165, 1.54) is 11.0 Å². The molecular weight excluding hydrogens is 288 g/mol. The van der Waals surface area contributed by atoms with Gasteiger partial charge in [0.05, 0.1) is 4.92 Å². The summed E-state index contributed by atoms with van der Waals surface area (Å²) in [5, 5.41) is 11.6. The number of hydrogen-bond donors (Lipinski definition) is 0. The summed E-state index contributed by atoms with van der Waals surface area (Å²) < 4.78 is 0. The van der Waals surface area contributed by atoms with Gasteiger partial charge in [-0.15, -0.1) is 0 Å². The SMILES string of the molecule is O=C1CC(CBr)CN1c1ccccc1[N+](=O)[O-]. The maximum absolute atomic E-state index is 11.8. The van der Waals surface area contributed by atoms with Crippen molar-refractivity contribution in [3.8, 4) is 0 Å². The number of halogens is 1. The van der Waals surface area contributed by atoms with Gasteiger partial charge < -0.3 is 4.90 Å². The predicted octanol–water partition coefficient (Wildman–Crippen LogP) is 2.34. The van der Waals surface area contributed by atoms with Crippen molar-refractivity contribution in [3.63, 3.8) is 0 Å². The van der Waals surface area contributed by atoms with E-state index in [1.54, 1.807) is 18.2 Å². The summed E-state index contributed by atoms with van der Waals surface area (Å²) in [5.41, 5.74) is 0.377. The Kier molecular flexibility index (Phi) is 3.42. The molecule has 1 aliphatic rings. The van der Waals surface area contributed by atoms with E-state index in [1.807, 2.05) is 0 Å². The van der Waals surface area contributed by atoms with Gasteiger partial charge in [-0.3, -0.25) is 14.9 Å². The highest BCUT2D eigenvalue weighted by Gasteiger charge is 2.33. The second-order valence-electron chi connectivity index (χ2n) is 3.97. The van der Waals surface area contributed by atoms with Crippen molar-refractivity contribution in [1.29, 1.82) is 0 Å². The molecule has 1 atom stereocenters. The lowest BCUT2D eigenvalue weighted by Gasteiger charge is -2.16. The summed E-state index contributed by atoms with van der Waals surface area (Å²) in [6, 6.07) is 6.35.